The van der Waals surface area contributed by atoms with Crippen molar-refractivity contribution in [1.29, 1.82) is 0 Å². The summed E-state index contributed by atoms with van der Waals surface area (Å²) >= 11 is 0. The van der Waals surface area contributed by atoms with Gasteiger partial charge in [-0.05, 0) is 42.7 Å². The lowest BCUT2D eigenvalue weighted by atomic mass is 9.67. The Morgan fingerprint density at radius 1 is 1.20 bits per heavy atom. The van der Waals surface area contributed by atoms with Gasteiger partial charge in [0, 0.05) is 31.7 Å². The smallest absolute Gasteiger partial charge is 0.191 e. The molecule has 1 aliphatic carbocycles. The number of rotatable bonds is 6. The number of hydrogen-bond donors (Lipinski definition) is 2. The number of para-hydroxylation sites is 1. The van der Waals surface area contributed by atoms with Gasteiger partial charge in [0.1, 0.15) is 0 Å². The minimum atomic E-state index is 0. The van der Waals surface area contributed by atoms with E-state index in [4.69, 9.17) is 0 Å². The van der Waals surface area contributed by atoms with Gasteiger partial charge < -0.3 is 10.6 Å². The molecule has 5 heteroatoms. The first-order valence-corrected chi connectivity index (χ1v) is 9.03. The van der Waals surface area contributed by atoms with Gasteiger partial charge in [0.25, 0.3) is 0 Å². The van der Waals surface area contributed by atoms with Gasteiger partial charge in [-0.25, -0.2) is 0 Å². The van der Waals surface area contributed by atoms with Crippen LogP contribution < -0.4 is 10.6 Å². The van der Waals surface area contributed by atoms with E-state index in [0.717, 1.165) is 31.0 Å². The van der Waals surface area contributed by atoms with E-state index >= 15 is 0 Å². The van der Waals surface area contributed by atoms with Gasteiger partial charge >= 0.3 is 0 Å². The summed E-state index contributed by atoms with van der Waals surface area (Å²) in [4.78, 5) is 8.88. The average Bonchev–Trinajstić information content (AvgIpc) is 2.59. The second kappa shape index (κ2) is 9.36. The summed E-state index contributed by atoms with van der Waals surface area (Å²) < 4.78 is 0. The van der Waals surface area contributed by atoms with Crippen molar-refractivity contribution in [2.45, 2.75) is 39.0 Å². The lowest BCUT2D eigenvalue weighted by molar-refractivity contribution is 0.131. The van der Waals surface area contributed by atoms with Gasteiger partial charge in [-0.3, -0.25) is 9.98 Å². The molecular formula is C20H29IN4. The molecule has 1 heterocycles. The predicted octanol–water partition coefficient (Wildman–Crippen LogP) is 4.14. The molecule has 1 fully saturated rings. The number of halogens is 1. The van der Waals surface area contributed by atoms with Crippen molar-refractivity contribution in [3.8, 4) is 0 Å². The molecule has 1 saturated carbocycles. The molecule has 1 aromatic carbocycles. The Morgan fingerprint density at radius 2 is 2.00 bits per heavy atom. The topological polar surface area (TPSA) is 49.3 Å². The fraction of sp³-hybridized carbons (Fsp3) is 0.500. The average molecular weight is 452 g/mol. The molecule has 2 N–H and O–H groups in total. The van der Waals surface area contributed by atoms with E-state index in [9.17, 15) is 0 Å². The number of aliphatic imine (C=N–C) groups is 1. The molecule has 136 valence electrons. The summed E-state index contributed by atoms with van der Waals surface area (Å²) in [6.45, 7) is 4.18. The third-order valence-electron chi connectivity index (χ3n) is 5.42. The molecule has 1 aromatic heterocycles. The maximum absolute atomic E-state index is 4.52. The van der Waals surface area contributed by atoms with Crippen LogP contribution in [0.4, 0.5) is 0 Å². The van der Waals surface area contributed by atoms with Crippen molar-refractivity contribution < 1.29 is 0 Å². The number of benzene rings is 1. The number of nitrogens with one attached hydrogen (secondary N) is 2. The minimum Gasteiger partial charge on any atom is -0.356 e. The second-order valence-electron chi connectivity index (χ2n) is 6.80. The van der Waals surface area contributed by atoms with Crippen LogP contribution in [0.2, 0.25) is 0 Å². The Balaban J connectivity index is 0.00000225. The van der Waals surface area contributed by atoms with Crippen LogP contribution in [0.1, 0.15) is 38.2 Å². The van der Waals surface area contributed by atoms with Crippen molar-refractivity contribution >= 4 is 40.8 Å². The highest BCUT2D eigenvalue weighted by molar-refractivity contribution is 14.0. The molecule has 4 nitrogen and oxygen atoms in total. The van der Waals surface area contributed by atoms with Gasteiger partial charge in [-0.15, -0.1) is 24.0 Å². The van der Waals surface area contributed by atoms with Crippen LogP contribution >= 0.6 is 24.0 Å². The number of hydrogen-bond acceptors (Lipinski definition) is 2. The standard InChI is InChI=1S/C20H28N4.HI/c1-3-20(11-6-12-20)15-24-19(21-2)23-14-10-17-8-4-7-16-9-5-13-22-18(16)17;/h4-5,7-9,13H,3,6,10-12,14-15H2,1-2H3,(H2,21,23,24);1H. The molecular weight excluding hydrogens is 423 g/mol. The van der Waals surface area contributed by atoms with E-state index < -0.39 is 0 Å². The molecule has 0 aliphatic heterocycles. The van der Waals surface area contributed by atoms with Crippen LogP contribution in [-0.4, -0.2) is 31.1 Å². The van der Waals surface area contributed by atoms with Gasteiger partial charge in [-0.2, -0.15) is 0 Å². The first-order valence-electron chi connectivity index (χ1n) is 9.03. The molecule has 0 amide bonds. The Hall–Kier alpha value is -1.37. The number of pyridine rings is 1. The molecule has 0 saturated heterocycles. The van der Waals surface area contributed by atoms with Crippen LogP contribution in [0.25, 0.3) is 10.9 Å². The second-order valence-corrected chi connectivity index (χ2v) is 6.80. The van der Waals surface area contributed by atoms with E-state index in [1.54, 1.807) is 0 Å². The highest BCUT2D eigenvalue weighted by Crippen LogP contribution is 2.42. The summed E-state index contributed by atoms with van der Waals surface area (Å²) in [5, 5.41) is 8.15. The molecule has 3 rings (SSSR count). The van der Waals surface area contributed by atoms with Gasteiger partial charge in [-0.1, -0.05) is 37.6 Å². The first-order chi connectivity index (χ1) is 11.8. The first kappa shape index (κ1) is 19.9. The number of fused-ring (bicyclic) bond motifs is 1. The molecule has 0 radical (unpaired) electrons. The highest BCUT2D eigenvalue weighted by Gasteiger charge is 2.34. The predicted molar refractivity (Wildman–Crippen MR) is 117 cm³/mol. The van der Waals surface area contributed by atoms with Crippen molar-refractivity contribution in [2.24, 2.45) is 10.4 Å². The number of aromatic nitrogens is 1. The fourth-order valence-corrected chi connectivity index (χ4v) is 3.51. The number of guanidine groups is 1. The maximum Gasteiger partial charge on any atom is 0.191 e. The summed E-state index contributed by atoms with van der Waals surface area (Å²) in [6.07, 6.45) is 8.11. The fourth-order valence-electron chi connectivity index (χ4n) is 3.51. The van der Waals surface area contributed by atoms with Crippen molar-refractivity contribution in [3.63, 3.8) is 0 Å². The summed E-state index contributed by atoms with van der Waals surface area (Å²) in [5.41, 5.74) is 2.88. The molecule has 0 bridgehead atoms. The van der Waals surface area contributed by atoms with Crippen LogP contribution in [0, 0.1) is 5.41 Å². The zero-order chi connectivity index (χ0) is 16.8. The largest absolute Gasteiger partial charge is 0.356 e. The Kier molecular flexibility index (Phi) is 7.47. The van der Waals surface area contributed by atoms with Gasteiger partial charge in [0.05, 0.1) is 5.52 Å². The van der Waals surface area contributed by atoms with Crippen molar-refractivity contribution in [1.82, 2.24) is 15.6 Å². The number of nitrogens with zero attached hydrogens (tertiary/aromatic N) is 2. The monoisotopic (exact) mass is 452 g/mol. The summed E-state index contributed by atoms with van der Waals surface area (Å²) in [5.74, 6) is 0.905. The molecule has 0 atom stereocenters. The SMILES string of the molecule is CCC1(CNC(=NC)NCCc2cccc3cccnc23)CCC1.I. The zero-order valence-corrected chi connectivity index (χ0v) is 17.5. The maximum atomic E-state index is 4.52. The lowest BCUT2D eigenvalue weighted by Crippen LogP contribution is -2.46. The highest BCUT2D eigenvalue weighted by atomic mass is 127. The Morgan fingerprint density at radius 3 is 2.68 bits per heavy atom. The lowest BCUT2D eigenvalue weighted by Gasteiger charge is -2.41. The van der Waals surface area contributed by atoms with Crippen LogP contribution in [0.15, 0.2) is 41.5 Å². The molecule has 25 heavy (non-hydrogen) atoms. The van der Waals surface area contributed by atoms with Crippen LogP contribution in [0.3, 0.4) is 0 Å². The van der Waals surface area contributed by atoms with Crippen LogP contribution in [-0.2, 0) is 6.42 Å². The Bertz CT molecular complexity index is 699. The zero-order valence-electron chi connectivity index (χ0n) is 15.2. The van der Waals surface area contributed by atoms with Crippen molar-refractivity contribution in [2.75, 3.05) is 20.1 Å². The van der Waals surface area contributed by atoms with E-state index in [1.807, 2.05) is 19.3 Å². The quantitative estimate of drug-likeness (QED) is 0.394. The molecule has 2 aromatic rings. The molecule has 1 aliphatic rings. The van der Waals surface area contributed by atoms with Gasteiger partial charge in [0.15, 0.2) is 5.96 Å². The van der Waals surface area contributed by atoms with E-state index in [-0.39, 0.29) is 24.0 Å². The summed E-state index contributed by atoms with van der Waals surface area (Å²) in [6, 6.07) is 10.5. The summed E-state index contributed by atoms with van der Waals surface area (Å²) in [7, 11) is 1.84. The normalized spacial score (nSPS) is 16.0. The Labute approximate surface area is 167 Å². The van der Waals surface area contributed by atoms with E-state index in [2.05, 4.69) is 51.8 Å². The molecule has 0 unspecified atom stereocenters. The molecule has 0 spiro atoms. The van der Waals surface area contributed by atoms with Crippen LogP contribution in [0.5, 0.6) is 0 Å². The minimum absolute atomic E-state index is 0. The van der Waals surface area contributed by atoms with E-state index in [0.29, 0.717) is 5.41 Å². The van der Waals surface area contributed by atoms with Gasteiger partial charge in [0.2, 0.25) is 0 Å². The third kappa shape index (κ3) is 4.84. The van der Waals surface area contributed by atoms with Crippen molar-refractivity contribution in [3.05, 3.63) is 42.1 Å². The third-order valence-corrected chi connectivity index (χ3v) is 5.42. The van der Waals surface area contributed by atoms with E-state index in [1.165, 1.54) is 36.6 Å².